The van der Waals surface area contributed by atoms with E-state index in [4.69, 9.17) is 5.11 Å². The van der Waals surface area contributed by atoms with Gasteiger partial charge in [0.2, 0.25) is 0 Å². The summed E-state index contributed by atoms with van der Waals surface area (Å²) in [6, 6.07) is 0. The molecule has 0 spiro atoms. The highest BCUT2D eigenvalue weighted by Gasteiger charge is 2.01. The lowest BCUT2D eigenvalue weighted by Crippen LogP contribution is -2.28. The van der Waals surface area contributed by atoms with E-state index in [9.17, 15) is 28.8 Å². The molecule has 12 heteroatoms. The van der Waals surface area contributed by atoms with Gasteiger partial charge in [-0.2, -0.15) is 0 Å². The van der Waals surface area contributed by atoms with Gasteiger partial charge in [-0.25, -0.2) is 14.4 Å². The summed E-state index contributed by atoms with van der Waals surface area (Å²) in [5.41, 5.74) is 0.433. The van der Waals surface area contributed by atoms with Crippen LogP contribution in [0.5, 0.6) is 0 Å². The number of amides is 1. The number of aliphatic carboxylic acids is 1. The summed E-state index contributed by atoms with van der Waals surface area (Å²) in [6.45, 7) is 9.05. The maximum Gasteiger partial charge on any atom is 0.407 e. The van der Waals surface area contributed by atoms with Gasteiger partial charge in [0.15, 0.2) is 0 Å². The largest absolute Gasteiger partial charge is 0.480 e. The Morgan fingerprint density at radius 3 is 1.38 bits per heavy atom. The lowest BCUT2D eigenvalue weighted by molar-refractivity contribution is -0.143. The normalized spacial score (nSPS) is 6.88. The number of carboxylic acids is 1. The Bertz CT molecular complexity index is 600. The molecule has 0 aliphatic rings. The van der Waals surface area contributed by atoms with Crippen molar-refractivity contribution < 1.29 is 52.8 Å². The van der Waals surface area contributed by atoms with Crippen LogP contribution >= 0.6 is 0 Å². The van der Waals surface area contributed by atoms with Crippen LogP contribution in [0.1, 0.15) is 50.0 Å². The molecule has 2 N–H and O–H groups in total. The second-order valence-corrected chi connectivity index (χ2v) is 4.69. The first-order valence-electron chi connectivity index (χ1n) is 7.86. The fourth-order valence-corrected chi connectivity index (χ4v) is 0.753. The van der Waals surface area contributed by atoms with Gasteiger partial charge in [-0.05, 0) is 13.8 Å². The summed E-state index contributed by atoms with van der Waals surface area (Å²) in [5, 5.41) is 9.96. The smallest absolute Gasteiger partial charge is 0.407 e. The second kappa shape index (κ2) is 36.7. The van der Waals surface area contributed by atoms with Crippen LogP contribution in [0.15, 0.2) is 24.8 Å². The zero-order valence-electron chi connectivity index (χ0n) is 17.9. The summed E-state index contributed by atoms with van der Waals surface area (Å²) in [6.07, 6.45) is 0.258. The Labute approximate surface area is 204 Å². The average molecular weight is 500 g/mol. The highest BCUT2D eigenvalue weighted by Crippen LogP contribution is 1.87. The van der Waals surface area contributed by atoms with Gasteiger partial charge in [-0.1, -0.05) is 42.9 Å². The van der Waals surface area contributed by atoms with Gasteiger partial charge in [0.1, 0.15) is 18.7 Å². The molecule has 0 heterocycles. The van der Waals surface area contributed by atoms with Crippen LogP contribution in [-0.2, 0) is 42.9 Å². The third-order valence-electron chi connectivity index (χ3n) is 2.09. The molecule has 0 bridgehead atoms. The van der Waals surface area contributed by atoms with Gasteiger partial charge in [0, 0.05) is 11.6 Å². The third-order valence-corrected chi connectivity index (χ3v) is 2.09. The number of Topliss-reactive ketones (excluding diaryl/α,β-unsaturated/α-hetero) is 1. The molecule has 0 aromatic heterocycles. The van der Waals surface area contributed by atoms with Gasteiger partial charge in [-0.15, -0.1) is 0 Å². The van der Waals surface area contributed by atoms with Crippen molar-refractivity contribution in [3.05, 3.63) is 24.8 Å². The van der Waals surface area contributed by atoms with Crippen LogP contribution in [-0.4, -0.2) is 75.8 Å². The zero-order valence-corrected chi connectivity index (χ0v) is 17.9. The Hall–Kier alpha value is -3.70. The molecule has 34 heavy (non-hydrogen) atoms. The molecule has 0 aliphatic carbocycles. The first kappa shape index (κ1) is 52.3. The summed E-state index contributed by atoms with van der Waals surface area (Å²) < 4.78 is 16.7. The van der Waals surface area contributed by atoms with Crippen molar-refractivity contribution in [1.82, 2.24) is 5.32 Å². The number of esters is 3. The van der Waals surface area contributed by atoms with Crippen LogP contribution in [0.3, 0.4) is 0 Å². The molecule has 0 atom stereocenters. The minimum absolute atomic E-state index is 0. The molecule has 0 aromatic rings. The summed E-state index contributed by atoms with van der Waals surface area (Å²) >= 11 is 0. The molecular weight excluding hydrogens is 454 g/mol. The van der Waals surface area contributed by atoms with Gasteiger partial charge >= 0.3 is 30.0 Å². The molecule has 12 nitrogen and oxygen atoms in total. The fourth-order valence-electron chi connectivity index (χ4n) is 0.753. The van der Waals surface area contributed by atoms with E-state index in [1.165, 1.54) is 28.3 Å². The van der Waals surface area contributed by atoms with Crippen LogP contribution < -0.4 is 5.32 Å². The van der Waals surface area contributed by atoms with Crippen LogP contribution in [0, 0.1) is 0 Å². The third kappa shape index (κ3) is 56.6. The predicted octanol–water partition coefficient (Wildman–Crippen LogP) is 3.19. The molecule has 0 fully saturated rings. The molecule has 0 aromatic carbocycles. The van der Waals surface area contributed by atoms with Crippen molar-refractivity contribution >= 4 is 35.8 Å². The van der Waals surface area contributed by atoms with E-state index >= 15 is 0 Å². The first-order chi connectivity index (χ1) is 13.8. The Morgan fingerprint density at radius 1 is 0.824 bits per heavy atom. The second-order valence-electron chi connectivity index (χ2n) is 4.69. The average Bonchev–Trinajstić information content (AvgIpc) is 2.71. The van der Waals surface area contributed by atoms with Gasteiger partial charge in [0.05, 0.1) is 28.4 Å². The predicted molar refractivity (Wildman–Crippen MR) is 131 cm³/mol. The number of methoxy groups -OCH3 is 4. The van der Waals surface area contributed by atoms with Crippen molar-refractivity contribution in [2.75, 3.05) is 35.0 Å². The molecule has 1 amide bonds. The highest BCUT2D eigenvalue weighted by atomic mass is 16.5. The number of hydrogen-bond donors (Lipinski definition) is 2. The van der Waals surface area contributed by atoms with E-state index < -0.39 is 30.5 Å². The Morgan fingerprint density at radius 2 is 1.26 bits per heavy atom. The number of rotatable bonds is 6. The van der Waals surface area contributed by atoms with E-state index in [-0.39, 0.29) is 47.9 Å². The number of ether oxygens (including phenoxy) is 4. The van der Waals surface area contributed by atoms with Crippen LogP contribution in [0.25, 0.3) is 0 Å². The van der Waals surface area contributed by atoms with E-state index in [0.29, 0.717) is 5.57 Å². The van der Waals surface area contributed by atoms with E-state index in [2.05, 4.69) is 32.1 Å². The van der Waals surface area contributed by atoms with Gasteiger partial charge in [-0.3, -0.25) is 14.4 Å². The molecule has 0 saturated heterocycles. The Balaban J connectivity index is -0.0000000429. The number of alkyl carbamates (subject to hydrolysis) is 1. The molecular formula is C22H45NO11. The minimum atomic E-state index is -1.10. The number of carboxylic acid groups (broad SMARTS) is 1. The van der Waals surface area contributed by atoms with Crippen molar-refractivity contribution in [3.8, 4) is 0 Å². The van der Waals surface area contributed by atoms with E-state index in [1.54, 1.807) is 6.92 Å². The number of carbonyl (C=O) groups is 6. The van der Waals surface area contributed by atoms with Crippen molar-refractivity contribution in [2.45, 2.75) is 50.0 Å². The highest BCUT2D eigenvalue weighted by molar-refractivity contribution is 5.94. The van der Waals surface area contributed by atoms with Crippen LogP contribution in [0.2, 0.25) is 0 Å². The number of carbonyl (C=O) groups excluding carboxylic acids is 5. The van der Waals surface area contributed by atoms with Crippen LogP contribution in [0.4, 0.5) is 4.79 Å². The van der Waals surface area contributed by atoms with Crippen molar-refractivity contribution in [3.63, 3.8) is 0 Å². The summed E-state index contributed by atoms with van der Waals surface area (Å²) in [7, 11) is 5.06. The zero-order chi connectivity index (χ0) is 24.7. The SMILES string of the molecule is C.C.C.C.C=C(C)C(=O)OC.C=CC(=O)OC.COC(=O)CC(C)=O.COC(=O)NCC(=O)O. The molecule has 0 rings (SSSR count). The lowest BCUT2D eigenvalue weighted by atomic mass is 10.3. The molecule has 0 aliphatic heterocycles. The maximum absolute atomic E-state index is 10.2. The van der Waals surface area contributed by atoms with Crippen molar-refractivity contribution in [1.29, 1.82) is 0 Å². The van der Waals surface area contributed by atoms with Gasteiger partial charge in [0.25, 0.3) is 0 Å². The molecule has 0 saturated carbocycles. The number of nitrogens with one attached hydrogen (secondary N) is 1. The summed E-state index contributed by atoms with van der Waals surface area (Å²) in [5.74, 6) is -2.48. The molecule has 204 valence electrons. The minimum Gasteiger partial charge on any atom is -0.480 e. The van der Waals surface area contributed by atoms with E-state index in [0.717, 1.165) is 13.2 Å². The molecule has 0 radical (unpaired) electrons. The lowest BCUT2D eigenvalue weighted by Gasteiger charge is -1.96. The first-order valence-corrected chi connectivity index (χ1v) is 7.86. The standard InChI is InChI=1S/C5H8O3.C5H8O2.C4H7NO4.C4H6O2.4CH4/c1-4(6)3-5(7)8-2;1-4(2)5(6)7-3;1-9-4(8)5-2-3(6)7;1-3-4(5)6-2;;;;/h3H2,1-2H3;1H2,2-3H3;2H2,1H3,(H,5,8)(H,6,7);3H,1H2,2H3;4*1H4. The van der Waals surface area contributed by atoms with Crippen molar-refractivity contribution in [2.24, 2.45) is 0 Å². The summed E-state index contributed by atoms with van der Waals surface area (Å²) in [4.78, 5) is 60.2. The van der Waals surface area contributed by atoms with Gasteiger partial charge < -0.3 is 29.4 Å². The fraction of sp³-hybridized carbons (Fsp3) is 0.545. The topological polar surface area (TPSA) is 172 Å². The monoisotopic (exact) mass is 499 g/mol. The maximum atomic E-state index is 10.2. The number of hydrogen-bond acceptors (Lipinski definition) is 10. The van der Waals surface area contributed by atoms with E-state index in [1.807, 2.05) is 5.32 Å². The Kier molecular flexibility index (Phi) is 56.4. The molecule has 0 unspecified atom stereocenters. The number of ketones is 1. The quantitative estimate of drug-likeness (QED) is 0.238.